The van der Waals surface area contributed by atoms with Gasteiger partial charge in [-0.3, -0.25) is 19.5 Å². The molecule has 0 atom stereocenters. The van der Waals surface area contributed by atoms with Crippen LogP contribution >= 0.6 is 11.6 Å². The molecule has 2 amide bonds. The number of carbonyl (C=O) groups is 2. The number of imidazole rings is 1. The summed E-state index contributed by atoms with van der Waals surface area (Å²) in [4.78, 5) is 32.5. The highest BCUT2D eigenvalue weighted by Crippen LogP contribution is 2.30. The molecule has 1 fully saturated rings. The van der Waals surface area contributed by atoms with Crippen LogP contribution in [-0.4, -0.2) is 39.4 Å². The first-order chi connectivity index (χ1) is 17.5. The van der Waals surface area contributed by atoms with Gasteiger partial charge in [0, 0.05) is 34.6 Å². The van der Waals surface area contributed by atoms with E-state index in [4.69, 9.17) is 11.6 Å². The molecule has 1 aliphatic rings. The van der Waals surface area contributed by atoms with Crippen LogP contribution in [0.4, 0.5) is 10.3 Å². The van der Waals surface area contributed by atoms with E-state index in [9.17, 15) is 14.0 Å². The van der Waals surface area contributed by atoms with Crippen molar-refractivity contribution in [1.29, 1.82) is 0 Å². The zero-order chi connectivity index (χ0) is 25.1. The Bertz CT molecular complexity index is 1370. The van der Waals surface area contributed by atoms with Gasteiger partial charge in [-0.2, -0.15) is 0 Å². The summed E-state index contributed by atoms with van der Waals surface area (Å²) in [6.45, 7) is 0.394. The third-order valence-corrected chi connectivity index (χ3v) is 6.27. The Kier molecular flexibility index (Phi) is 6.82. The molecule has 4 aromatic rings. The molecule has 0 bridgehead atoms. The third-order valence-electron chi connectivity index (χ3n) is 6.02. The lowest BCUT2D eigenvalue weighted by Gasteiger charge is -2.22. The van der Waals surface area contributed by atoms with Crippen molar-refractivity contribution in [2.24, 2.45) is 5.92 Å². The molecular weight excluding hydrogens is 479 g/mol. The van der Waals surface area contributed by atoms with Crippen molar-refractivity contribution in [2.75, 3.05) is 18.4 Å². The number of rotatable bonds is 8. The highest BCUT2D eigenvalue weighted by Gasteiger charge is 2.29. The van der Waals surface area contributed by atoms with Crippen LogP contribution in [0.3, 0.4) is 0 Å². The molecule has 1 aromatic heterocycles. The number of halogens is 2. The summed E-state index contributed by atoms with van der Waals surface area (Å²) in [6.07, 6.45) is 3.88. The van der Waals surface area contributed by atoms with Gasteiger partial charge in [0.2, 0.25) is 11.9 Å². The number of hydrogen-bond acceptors (Lipinski definition) is 3. The SMILES string of the molecule is O=C(CN(CC1CC1)C(=O)c1ccc(Cl)cc1)Nc1nc(-c2ccccc2)cn1-c1ccc(F)cc1. The smallest absolute Gasteiger partial charge is 0.254 e. The maximum Gasteiger partial charge on any atom is 0.254 e. The second kappa shape index (κ2) is 10.3. The Labute approximate surface area is 213 Å². The van der Waals surface area contributed by atoms with Crippen molar-refractivity contribution in [3.63, 3.8) is 0 Å². The fraction of sp³-hybridized carbons (Fsp3) is 0.179. The van der Waals surface area contributed by atoms with Crippen molar-refractivity contribution < 1.29 is 14.0 Å². The Morgan fingerprint density at radius 1 is 1.00 bits per heavy atom. The second-order valence-corrected chi connectivity index (χ2v) is 9.28. The molecule has 8 heteroatoms. The van der Waals surface area contributed by atoms with Gasteiger partial charge in [0.05, 0.1) is 5.69 Å². The van der Waals surface area contributed by atoms with Crippen molar-refractivity contribution in [3.8, 4) is 16.9 Å². The van der Waals surface area contributed by atoms with Crippen molar-refractivity contribution in [3.05, 3.63) is 101 Å². The molecule has 182 valence electrons. The average molecular weight is 503 g/mol. The van der Waals surface area contributed by atoms with Crippen LogP contribution in [0.25, 0.3) is 16.9 Å². The summed E-state index contributed by atoms with van der Waals surface area (Å²) >= 11 is 5.97. The van der Waals surface area contributed by atoms with Crippen LogP contribution < -0.4 is 5.32 Å². The molecule has 1 aliphatic carbocycles. The van der Waals surface area contributed by atoms with Crippen LogP contribution in [0.2, 0.25) is 5.02 Å². The predicted octanol–water partition coefficient (Wildman–Crippen LogP) is 5.82. The first kappa shape index (κ1) is 23.8. The Hall–Kier alpha value is -3.97. The molecule has 0 radical (unpaired) electrons. The molecule has 0 aliphatic heterocycles. The Morgan fingerprint density at radius 3 is 2.36 bits per heavy atom. The minimum absolute atomic E-state index is 0.116. The lowest BCUT2D eigenvalue weighted by atomic mass is 10.2. The molecule has 1 N–H and O–H groups in total. The third kappa shape index (κ3) is 5.63. The standard InChI is InChI=1S/C28H24ClFN4O2/c29-22-10-8-21(9-11-22)27(36)33(16-19-6-7-19)18-26(35)32-28-31-25(20-4-2-1-3-5-20)17-34(28)24-14-12-23(30)13-15-24/h1-5,8-15,17,19H,6-7,16,18H2,(H,31,32,35). The number of hydrogen-bond donors (Lipinski definition) is 1. The van der Waals surface area contributed by atoms with Crippen LogP contribution in [0, 0.1) is 11.7 Å². The lowest BCUT2D eigenvalue weighted by molar-refractivity contribution is -0.117. The Morgan fingerprint density at radius 2 is 1.69 bits per heavy atom. The number of amides is 2. The number of aromatic nitrogens is 2. The number of carbonyl (C=O) groups excluding carboxylic acids is 2. The lowest BCUT2D eigenvalue weighted by Crippen LogP contribution is -2.39. The van der Waals surface area contributed by atoms with Gasteiger partial charge in [0.25, 0.3) is 5.91 Å². The number of benzene rings is 3. The molecule has 1 saturated carbocycles. The fourth-order valence-electron chi connectivity index (χ4n) is 3.96. The predicted molar refractivity (Wildman–Crippen MR) is 138 cm³/mol. The van der Waals surface area contributed by atoms with E-state index >= 15 is 0 Å². The van der Waals surface area contributed by atoms with Crippen LogP contribution in [0.1, 0.15) is 23.2 Å². The maximum atomic E-state index is 13.5. The topological polar surface area (TPSA) is 67.2 Å². The maximum absolute atomic E-state index is 13.5. The molecular formula is C28H24ClFN4O2. The first-order valence-corrected chi connectivity index (χ1v) is 12.1. The van der Waals surface area contributed by atoms with Gasteiger partial charge in [-0.15, -0.1) is 0 Å². The van der Waals surface area contributed by atoms with Crippen LogP contribution in [-0.2, 0) is 4.79 Å². The van der Waals surface area contributed by atoms with E-state index in [1.807, 2.05) is 30.3 Å². The number of anilines is 1. The largest absolute Gasteiger partial charge is 0.329 e. The molecule has 36 heavy (non-hydrogen) atoms. The van der Waals surface area contributed by atoms with Gasteiger partial charge in [-0.25, -0.2) is 9.37 Å². The highest BCUT2D eigenvalue weighted by molar-refractivity contribution is 6.30. The van der Waals surface area contributed by atoms with Crippen molar-refractivity contribution in [2.45, 2.75) is 12.8 Å². The van der Waals surface area contributed by atoms with E-state index in [1.165, 1.54) is 12.1 Å². The number of nitrogens with one attached hydrogen (secondary N) is 1. The summed E-state index contributed by atoms with van der Waals surface area (Å²) in [6, 6.07) is 22.2. The molecule has 0 saturated heterocycles. The molecule has 6 nitrogen and oxygen atoms in total. The van der Waals surface area contributed by atoms with Gasteiger partial charge in [-0.1, -0.05) is 41.9 Å². The quantitative estimate of drug-likeness (QED) is 0.330. The summed E-state index contributed by atoms with van der Waals surface area (Å²) in [5.74, 6) is -0.257. The van der Waals surface area contributed by atoms with Crippen molar-refractivity contribution >= 4 is 29.4 Å². The average Bonchev–Trinajstić information content (AvgIpc) is 3.62. The zero-order valence-corrected chi connectivity index (χ0v) is 20.2. The summed E-state index contributed by atoms with van der Waals surface area (Å²) in [5, 5.41) is 3.40. The van der Waals surface area contributed by atoms with Crippen LogP contribution in [0.15, 0.2) is 85.1 Å². The van der Waals surface area contributed by atoms with E-state index in [1.54, 1.807) is 52.1 Å². The second-order valence-electron chi connectivity index (χ2n) is 8.85. The Balaban J connectivity index is 1.40. The highest BCUT2D eigenvalue weighted by atomic mass is 35.5. The zero-order valence-electron chi connectivity index (χ0n) is 19.4. The minimum atomic E-state index is -0.369. The van der Waals surface area contributed by atoms with E-state index < -0.39 is 0 Å². The molecule has 0 unspecified atom stereocenters. The minimum Gasteiger partial charge on any atom is -0.329 e. The van der Waals surface area contributed by atoms with E-state index in [0.717, 1.165) is 18.4 Å². The van der Waals surface area contributed by atoms with Crippen molar-refractivity contribution in [1.82, 2.24) is 14.5 Å². The summed E-state index contributed by atoms with van der Waals surface area (Å²) in [7, 11) is 0. The van der Waals surface area contributed by atoms with E-state index in [0.29, 0.717) is 34.4 Å². The van der Waals surface area contributed by atoms with Crippen LogP contribution in [0.5, 0.6) is 0 Å². The van der Waals surface area contributed by atoms with Gasteiger partial charge >= 0.3 is 0 Å². The van der Waals surface area contributed by atoms with Gasteiger partial charge in [0.1, 0.15) is 12.4 Å². The van der Waals surface area contributed by atoms with Gasteiger partial charge < -0.3 is 4.90 Å². The number of nitrogens with zero attached hydrogens (tertiary/aromatic N) is 3. The fourth-order valence-corrected chi connectivity index (χ4v) is 4.08. The molecule has 1 heterocycles. The molecule has 5 rings (SSSR count). The normalized spacial score (nSPS) is 12.8. The molecule has 3 aromatic carbocycles. The van der Waals surface area contributed by atoms with Gasteiger partial charge in [0.15, 0.2) is 0 Å². The van der Waals surface area contributed by atoms with E-state index in [-0.39, 0.29) is 30.1 Å². The molecule has 0 spiro atoms. The summed E-state index contributed by atoms with van der Waals surface area (Å²) in [5.41, 5.74) is 2.66. The monoisotopic (exact) mass is 502 g/mol. The van der Waals surface area contributed by atoms with Gasteiger partial charge in [-0.05, 0) is 67.3 Å². The summed E-state index contributed by atoms with van der Waals surface area (Å²) < 4.78 is 15.2. The van der Waals surface area contributed by atoms with E-state index in [2.05, 4.69) is 10.3 Å². The first-order valence-electron chi connectivity index (χ1n) is 11.7.